The van der Waals surface area contributed by atoms with Gasteiger partial charge in [0, 0.05) is 23.5 Å². The number of rotatable bonds is 6. The average Bonchev–Trinajstić information content (AvgIpc) is 2.75. The Labute approximate surface area is 115 Å². The minimum absolute atomic E-state index is 0.513. The summed E-state index contributed by atoms with van der Waals surface area (Å²) in [5, 5.41) is 1.15. The Morgan fingerprint density at radius 3 is 2.63 bits per heavy atom. The second-order valence-corrected chi connectivity index (χ2v) is 5.27. The first-order valence-electron chi connectivity index (χ1n) is 7.10. The largest absolute Gasteiger partial charge is 0.459 e. The summed E-state index contributed by atoms with van der Waals surface area (Å²) in [5.74, 6) is 1.02. The van der Waals surface area contributed by atoms with Crippen molar-refractivity contribution in [3.05, 3.63) is 35.6 Å². The van der Waals surface area contributed by atoms with Gasteiger partial charge in [-0.1, -0.05) is 25.1 Å². The van der Waals surface area contributed by atoms with E-state index in [1.807, 2.05) is 18.2 Å². The molecule has 0 saturated carbocycles. The molecule has 0 aliphatic heterocycles. The molecule has 2 rings (SSSR count). The molecule has 19 heavy (non-hydrogen) atoms. The van der Waals surface area contributed by atoms with Crippen LogP contribution in [0, 0.1) is 0 Å². The summed E-state index contributed by atoms with van der Waals surface area (Å²) >= 11 is 0. The first-order valence-corrected chi connectivity index (χ1v) is 7.10. The van der Waals surface area contributed by atoms with Gasteiger partial charge in [-0.25, -0.2) is 0 Å². The zero-order chi connectivity index (χ0) is 13.8. The SMILES string of the molecule is CCCN(Cc1oc2ccccc2c1CN)C(C)C. The zero-order valence-electron chi connectivity index (χ0n) is 12.1. The first kappa shape index (κ1) is 14.1. The maximum atomic E-state index is 6.00. The van der Waals surface area contributed by atoms with Crippen molar-refractivity contribution in [2.75, 3.05) is 6.54 Å². The molecule has 3 nitrogen and oxygen atoms in total. The molecule has 0 radical (unpaired) electrons. The quantitative estimate of drug-likeness (QED) is 0.864. The van der Waals surface area contributed by atoms with Crippen LogP contribution in [0.3, 0.4) is 0 Å². The minimum atomic E-state index is 0.513. The van der Waals surface area contributed by atoms with Gasteiger partial charge < -0.3 is 10.2 Å². The third-order valence-corrected chi connectivity index (χ3v) is 3.57. The molecular weight excluding hydrogens is 236 g/mol. The van der Waals surface area contributed by atoms with E-state index >= 15 is 0 Å². The highest BCUT2D eigenvalue weighted by Crippen LogP contribution is 2.27. The molecule has 0 amide bonds. The third kappa shape index (κ3) is 2.99. The van der Waals surface area contributed by atoms with E-state index in [9.17, 15) is 0 Å². The van der Waals surface area contributed by atoms with Crippen molar-refractivity contribution in [3.8, 4) is 0 Å². The van der Waals surface area contributed by atoms with E-state index in [-0.39, 0.29) is 0 Å². The average molecular weight is 260 g/mol. The molecule has 1 heterocycles. The number of para-hydroxylation sites is 1. The highest BCUT2D eigenvalue weighted by atomic mass is 16.3. The molecule has 0 bridgehead atoms. The van der Waals surface area contributed by atoms with Gasteiger partial charge in [0.05, 0.1) is 6.54 Å². The summed E-state index contributed by atoms with van der Waals surface area (Å²) < 4.78 is 6.00. The van der Waals surface area contributed by atoms with Crippen LogP contribution in [0.5, 0.6) is 0 Å². The number of nitrogens with two attached hydrogens (primary N) is 1. The normalized spacial score (nSPS) is 11.9. The van der Waals surface area contributed by atoms with Crippen LogP contribution in [0.25, 0.3) is 11.0 Å². The molecule has 0 fully saturated rings. The molecule has 1 aromatic heterocycles. The van der Waals surface area contributed by atoms with E-state index in [0.717, 1.165) is 41.8 Å². The topological polar surface area (TPSA) is 42.4 Å². The van der Waals surface area contributed by atoms with Crippen molar-refractivity contribution < 1.29 is 4.42 Å². The van der Waals surface area contributed by atoms with Gasteiger partial charge in [-0.3, -0.25) is 4.90 Å². The van der Waals surface area contributed by atoms with Gasteiger partial charge >= 0.3 is 0 Å². The van der Waals surface area contributed by atoms with Crippen LogP contribution < -0.4 is 5.73 Å². The molecule has 104 valence electrons. The zero-order valence-corrected chi connectivity index (χ0v) is 12.1. The molecule has 0 aliphatic carbocycles. The molecule has 0 atom stereocenters. The van der Waals surface area contributed by atoms with Crippen LogP contribution in [-0.2, 0) is 13.1 Å². The van der Waals surface area contributed by atoms with Crippen LogP contribution >= 0.6 is 0 Å². The Kier molecular flexibility index (Phi) is 4.61. The Hall–Kier alpha value is -1.32. The van der Waals surface area contributed by atoms with Gasteiger partial charge in [0.25, 0.3) is 0 Å². The predicted octanol–water partition coefficient (Wildman–Crippen LogP) is 3.51. The fraction of sp³-hybridized carbons (Fsp3) is 0.500. The van der Waals surface area contributed by atoms with Crippen molar-refractivity contribution in [2.24, 2.45) is 5.73 Å². The van der Waals surface area contributed by atoms with Gasteiger partial charge in [-0.2, -0.15) is 0 Å². The van der Waals surface area contributed by atoms with E-state index in [1.165, 1.54) is 0 Å². The lowest BCUT2D eigenvalue weighted by Crippen LogP contribution is -2.31. The summed E-state index contributed by atoms with van der Waals surface area (Å²) in [6.45, 7) is 9.11. The van der Waals surface area contributed by atoms with Gasteiger partial charge in [0.15, 0.2) is 0 Å². The molecule has 0 spiro atoms. The fourth-order valence-electron chi connectivity index (χ4n) is 2.49. The Balaban J connectivity index is 2.33. The number of hydrogen-bond acceptors (Lipinski definition) is 3. The van der Waals surface area contributed by atoms with E-state index in [1.54, 1.807) is 0 Å². The van der Waals surface area contributed by atoms with Crippen molar-refractivity contribution in [2.45, 2.75) is 46.3 Å². The number of hydrogen-bond donors (Lipinski definition) is 1. The molecular formula is C16H24N2O. The smallest absolute Gasteiger partial charge is 0.134 e. The van der Waals surface area contributed by atoms with Crippen molar-refractivity contribution in [1.29, 1.82) is 0 Å². The summed E-state index contributed by atoms with van der Waals surface area (Å²) in [4.78, 5) is 2.43. The van der Waals surface area contributed by atoms with E-state index in [4.69, 9.17) is 10.2 Å². The number of fused-ring (bicyclic) bond motifs is 1. The number of furan rings is 1. The van der Waals surface area contributed by atoms with Crippen LogP contribution in [0.4, 0.5) is 0 Å². The lowest BCUT2D eigenvalue weighted by Gasteiger charge is -2.25. The monoisotopic (exact) mass is 260 g/mol. The second kappa shape index (κ2) is 6.22. The highest BCUT2D eigenvalue weighted by Gasteiger charge is 2.17. The van der Waals surface area contributed by atoms with Crippen LogP contribution in [0.2, 0.25) is 0 Å². The molecule has 0 unspecified atom stereocenters. The number of nitrogens with zero attached hydrogens (tertiary/aromatic N) is 1. The molecule has 3 heteroatoms. The van der Waals surface area contributed by atoms with E-state index < -0.39 is 0 Å². The summed E-state index contributed by atoms with van der Waals surface area (Å²) in [7, 11) is 0. The van der Waals surface area contributed by atoms with Crippen LogP contribution in [-0.4, -0.2) is 17.5 Å². The van der Waals surface area contributed by atoms with Crippen LogP contribution in [0.1, 0.15) is 38.5 Å². The highest BCUT2D eigenvalue weighted by molar-refractivity contribution is 5.82. The molecule has 2 N–H and O–H groups in total. The van der Waals surface area contributed by atoms with Crippen molar-refractivity contribution in [3.63, 3.8) is 0 Å². The van der Waals surface area contributed by atoms with Crippen LogP contribution in [0.15, 0.2) is 28.7 Å². The minimum Gasteiger partial charge on any atom is -0.459 e. The fourth-order valence-corrected chi connectivity index (χ4v) is 2.49. The molecule has 1 aromatic carbocycles. The maximum absolute atomic E-state index is 6.00. The molecule has 0 saturated heterocycles. The molecule has 0 aliphatic rings. The Bertz CT molecular complexity index is 531. The van der Waals surface area contributed by atoms with Gasteiger partial charge in [0.2, 0.25) is 0 Å². The molecule has 2 aromatic rings. The summed E-state index contributed by atoms with van der Waals surface area (Å²) in [6, 6.07) is 8.65. The van der Waals surface area contributed by atoms with Gasteiger partial charge in [-0.15, -0.1) is 0 Å². The van der Waals surface area contributed by atoms with Crippen molar-refractivity contribution in [1.82, 2.24) is 4.90 Å². The van der Waals surface area contributed by atoms with Gasteiger partial charge in [-0.05, 0) is 32.9 Å². The Morgan fingerprint density at radius 2 is 2.00 bits per heavy atom. The third-order valence-electron chi connectivity index (χ3n) is 3.57. The first-order chi connectivity index (χ1) is 9.17. The standard InChI is InChI=1S/C16H24N2O/c1-4-9-18(12(2)3)11-16-14(10-17)13-7-5-6-8-15(13)19-16/h5-8,12H,4,9-11,17H2,1-3H3. The lowest BCUT2D eigenvalue weighted by atomic mass is 10.1. The van der Waals surface area contributed by atoms with Gasteiger partial charge in [0.1, 0.15) is 11.3 Å². The summed E-state index contributed by atoms with van der Waals surface area (Å²) in [5.41, 5.74) is 8.00. The maximum Gasteiger partial charge on any atom is 0.134 e. The lowest BCUT2D eigenvalue weighted by molar-refractivity contribution is 0.198. The Morgan fingerprint density at radius 1 is 1.26 bits per heavy atom. The second-order valence-electron chi connectivity index (χ2n) is 5.27. The number of benzene rings is 1. The predicted molar refractivity (Wildman–Crippen MR) is 79.9 cm³/mol. The van der Waals surface area contributed by atoms with E-state index in [0.29, 0.717) is 12.6 Å². The summed E-state index contributed by atoms with van der Waals surface area (Å²) in [6.07, 6.45) is 1.15. The van der Waals surface area contributed by atoms with E-state index in [2.05, 4.69) is 31.7 Å². The van der Waals surface area contributed by atoms with Crippen molar-refractivity contribution >= 4 is 11.0 Å².